The zero-order chi connectivity index (χ0) is 11.7. The van der Waals surface area contributed by atoms with Crippen LogP contribution in [0.25, 0.3) is 11.3 Å². The molecule has 0 unspecified atom stereocenters. The second-order valence-electron chi connectivity index (χ2n) is 3.72. The molecule has 0 saturated carbocycles. The lowest BCUT2D eigenvalue weighted by Gasteiger charge is -2.03. The van der Waals surface area contributed by atoms with Crippen molar-refractivity contribution in [1.82, 2.24) is 9.78 Å². The summed E-state index contributed by atoms with van der Waals surface area (Å²) in [4.78, 5) is 11.3. The Morgan fingerprint density at radius 2 is 2.12 bits per heavy atom. The Morgan fingerprint density at radius 3 is 2.69 bits per heavy atom. The van der Waals surface area contributed by atoms with E-state index in [1.807, 2.05) is 25.2 Å². The van der Waals surface area contributed by atoms with Crippen molar-refractivity contribution < 1.29 is 4.79 Å². The molecule has 1 heterocycles. The smallest absolute Gasteiger partial charge is 0.159 e. The Balaban J connectivity index is 2.52. The first-order chi connectivity index (χ1) is 7.58. The quantitative estimate of drug-likeness (QED) is 0.778. The number of rotatable bonds is 2. The van der Waals surface area contributed by atoms with Crippen LogP contribution in [0.5, 0.6) is 0 Å². The van der Waals surface area contributed by atoms with Crippen molar-refractivity contribution in [2.45, 2.75) is 6.92 Å². The Kier molecular flexibility index (Phi) is 2.48. The average molecular weight is 215 g/mol. The van der Waals surface area contributed by atoms with Crippen molar-refractivity contribution >= 4 is 11.6 Å². The number of hydrogen-bond acceptors (Lipinski definition) is 3. The molecular formula is C12H13N3O. The molecule has 4 nitrogen and oxygen atoms in total. The Bertz CT molecular complexity index is 543. The van der Waals surface area contributed by atoms with Crippen LogP contribution in [0, 0.1) is 0 Å². The number of anilines is 1. The van der Waals surface area contributed by atoms with Crippen LogP contribution in [-0.4, -0.2) is 15.6 Å². The van der Waals surface area contributed by atoms with Crippen LogP contribution in [0.3, 0.4) is 0 Å². The molecule has 1 aromatic heterocycles. The molecule has 2 N–H and O–H groups in total. The highest BCUT2D eigenvalue weighted by Gasteiger charge is 2.07. The van der Waals surface area contributed by atoms with E-state index in [-0.39, 0.29) is 5.78 Å². The number of hydrogen-bond donors (Lipinski definition) is 1. The molecule has 0 aliphatic carbocycles. The van der Waals surface area contributed by atoms with Gasteiger partial charge in [-0.3, -0.25) is 9.48 Å². The van der Waals surface area contributed by atoms with E-state index in [9.17, 15) is 4.79 Å². The highest BCUT2D eigenvalue weighted by atomic mass is 16.1. The SMILES string of the molecule is CC(=O)c1cccc(-c2cc(N)nn2C)c1. The third-order valence-corrected chi connectivity index (χ3v) is 2.46. The van der Waals surface area contributed by atoms with E-state index < -0.39 is 0 Å². The monoisotopic (exact) mass is 215 g/mol. The summed E-state index contributed by atoms with van der Waals surface area (Å²) in [5.74, 6) is 0.530. The largest absolute Gasteiger partial charge is 0.382 e. The zero-order valence-electron chi connectivity index (χ0n) is 9.27. The van der Waals surface area contributed by atoms with Crippen LogP contribution >= 0.6 is 0 Å². The van der Waals surface area contributed by atoms with Crippen LogP contribution in [0.4, 0.5) is 5.82 Å². The summed E-state index contributed by atoms with van der Waals surface area (Å²) in [6.07, 6.45) is 0. The summed E-state index contributed by atoms with van der Waals surface area (Å²) in [6.45, 7) is 1.55. The summed E-state index contributed by atoms with van der Waals surface area (Å²) < 4.78 is 1.70. The molecule has 0 atom stereocenters. The van der Waals surface area contributed by atoms with E-state index in [1.165, 1.54) is 0 Å². The van der Waals surface area contributed by atoms with Crippen LogP contribution in [0.2, 0.25) is 0 Å². The maximum Gasteiger partial charge on any atom is 0.159 e. The number of nitrogens with two attached hydrogens (primary N) is 1. The van der Waals surface area contributed by atoms with Gasteiger partial charge in [-0.05, 0) is 13.0 Å². The fourth-order valence-corrected chi connectivity index (χ4v) is 1.66. The number of aryl methyl sites for hydroxylation is 1. The minimum absolute atomic E-state index is 0.0528. The Morgan fingerprint density at radius 1 is 1.38 bits per heavy atom. The van der Waals surface area contributed by atoms with Gasteiger partial charge in [0.1, 0.15) is 5.82 Å². The number of ketones is 1. The number of benzene rings is 1. The molecule has 0 aliphatic rings. The second kappa shape index (κ2) is 3.81. The van der Waals surface area contributed by atoms with E-state index >= 15 is 0 Å². The van der Waals surface area contributed by atoms with Crippen molar-refractivity contribution in [3.63, 3.8) is 0 Å². The lowest BCUT2D eigenvalue weighted by molar-refractivity contribution is 0.101. The topological polar surface area (TPSA) is 60.9 Å². The van der Waals surface area contributed by atoms with Gasteiger partial charge in [0, 0.05) is 24.2 Å². The summed E-state index contributed by atoms with van der Waals surface area (Å²) in [6, 6.07) is 9.22. The first-order valence-corrected chi connectivity index (χ1v) is 4.99. The van der Waals surface area contributed by atoms with E-state index in [0.717, 1.165) is 11.3 Å². The van der Waals surface area contributed by atoms with E-state index in [2.05, 4.69) is 5.10 Å². The molecular weight excluding hydrogens is 202 g/mol. The Hall–Kier alpha value is -2.10. The predicted molar refractivity (Wildman–Crippen MR) is 63.1 cm³/mol. The average Bonchev–Trinajstić information content (AvgIpc) is 2.58. The molecule has 2 aromatic rings. The van der Waals surface area contributed by atoms with Gasteiger partial charge in [-0.15, -0.1) is 0 Å². The van der Waals surface area contributed by atoms with Crippen molar-refractivity contribution in [1.29, 1.82) is 0 Å². The van der Waals surface area contributed by atoms with Gasteiger partial charge in [0.05, 0.1) is 5.69 Å². The van der Waals surface area contributed by atoms with Gasteiger partial charge in [0.25, 0.3) is 0 Å². The normalized spacial score (nSPS) is 10.4. The minimum atomic E-state index is 0.0528. The zero-order valence-corrected chi connectivity index (χ0v) is 9.27. The molecule has 0 amide bonds. The van der Waals surface area contributed by atoms with Gasteiger partial charge >= 0.3 is 0 Å². The lowest BCUT2D eigenvalue weighted by Crippen LogP contribution is -1.96. The van der Waals surface area contributed by atoms with Crippen molar-refractivity contribution in [2.75, 3.05) is 5.73 Å². The predicted octanol–water partition coefficient (Wildman–Crippen LogP) is 1.87. The second-order valence-corrected chi connectivity index (χ2v) is 3.72. The number of carbonyl (C=O) groups excluding carboxylic acids is 1. The summed E-state index contributed by atoms with van der Waals surface area (Å²) in [7, 11) is 1.83. The van der Waals surface area contributed by atoms with Crippen LogP contribution in [0.15, 0.2) is 30.3 Å². The van der Waals surface area contributed by atoms with Crippen LogP contribution in [0.1, 0.15) is 17.3 Å². The van der Waals surface area contributed by atoms with E-state index in [4.69, 9.17) is 5.73 Å². The first-order valence-electron chi connectivity index (χ1n) is 4.99. The molecule has 16 heavy (non-hydrogen) atoms. The third kappa shape index (κ3) is 1.82. The third-order valence-electron chi connectivity index (χ3n) is 2.46. The molecule has 0 spiro atoms. The fourth-order valence-electron chi connectivity index (χ4n) is 1.66. The van der Waals surface area contributed by atoms with Crippen molar-refractivity contribution in [2.24, 2.45) is 7.05 Å². The molecule has 0 fully saturated rings. The van der Waals surface area contributed by atoms with E-state index in [1.54, 1.807) is 23.7 Å². The van der Waals surface area contributed by atoms with Gasteiger partial charge < -0.3 is 5.73 Å². The maximum atomic E-state index is 11.3. The van der Waals surface area contributed by atoms with Crippen molar-refractivity contribution in [3.05, 3.63) is 35.9 Å². The molecule has 1 aromatic carbocycles. The Labute approximate surface area is 93.7 Å². The number of Topliss-reactive ketones (excluding diaryl/α,β-unsaturated/α-hetero) is 1. The highest BCUT2D eigenvalue weighted by Crippen LogP contribution is 2.21. The lowest BCUT2D eigenvalue weighted by atomic mass is 10.1. The maximum absolute atomic E-state index is 11.3. The van der Waals surface area contributed by atoms with Crippen molar-refractivity contribution in [3.8, 4) is 11.3 Å². The highest BCUT2D eigenvalue weighted by molar-refractivity contribution is 5.95. The standard InChI is InChI=1S/C12H13N3O/c1-8(16)9-4-3-5-10(6-9)11-7-12(13)14-15(11)2/h3-7H,1-2H3,(H2,13,14). The van der Waals surface area contributed by atoms with Gasteiger partial charge in [-0.2, -0.15) is 5.10 Å². The number of nitrogens with zero attached hydrogens (tertiary/aromatic N) is 2. The molecule has 0 aliphatic heterocycles. The van der Waals surface area contributed by atoms with Gasteiger partial charge in [0.2, 0.25) is 0 Å². The summed E-state index contributed by atoms with van der Waals surface area (Å²) in [5, 5.41) is 4.07. The van der Waals surface area contributed by atoms with Gasteiger partial charge in [-0.1, -0.05) is 18.2 Å². The minimum Gasteiger partial charge on any atom is -0.382 e. The molecule has 2 rings (SSSR count). The van der Waals surface area contributed by atoms with Gasteiger partial charge in [-0.25, -0.2) is 0 Å². The fraction of sp³-hybridized carbons (Fsp3) is 0.167. The number of nitrogen functional groups attached to an aromatic ring is 1. The molecule has 0 bridgehead atoms. The number of carbonyl (C=O) groups is 1. The van der Waals surface area contributed by atoms with Gasteiger partial charge in [0.15, 0.2) is 5.78 Å². The van der Waals surface area contributed by atoms with E-state index in [0.29, 0.717) is 11.4 Å². The summed E-state index contributed by atoms with van der Waals surface area (Å²) >= 11 is 0. The summed E-state index contributed by atoms with van der Waals surface area (Å²) in [5.41, 5.74) is 8.15. The molecule has 4 heteroatoms. The molecule has 0 radical (unpaired) electrons. The molecule has 82 valence electrons. The number of aromatic nitrogens is 2. The molecule has 0 saturated heterocycles. The first kappa shape index (κ1) is 10.4. The van der Waals surface area contributed by atoms with Crippen LogP contribution < -0.4 is 5.73 Å². The van der Waals surface area contributed by atoms with Crippen LogP contribution in [-0.2, 0) is 7.05 Å².